The zero-order valence-electron chi connectivity index (χ0n) is 17.1. The predicted octanol–water partition coefficient (Wildman–Crippen LogP) is 3.74. The number of likely N-dealkylation sites (N-methyl/N-ethyl adjacent to an activating group) is 1. The summed E-state index contributed by atoms with van der Waals surface area (Å²) in [5.41, 5.74) is 4.42. The summed E-state index contributed by atoms with van der Waals surface area (Å²) in [5.74, 6) is 0. The fourth-order valence-electron chi connectivity index (χ4n) is 4.10. The Morgan fingerprint density at radius 2 is 1.77 bits per heavy atom. The van der Waals surface area contributed by atoms with Crippen LogP contribution in [0.4, 0.5) is 0 Å². The Morgan fingerprint density at radius 3 is 2.50 bits per heavy atom. The first-order chi connectivity index (χ1) is 14.7. The van der Waals surface area contributed by atoms with Gasteiger partial charge in [-0.2, -0.15) is 5.10 Å². The Labute approximate surface area is 181 Å². The van der Waals surface area contributed by atoms with E-state index in [1.807, 2.05) is 35.0 Å². The number of hydrogen-bond donors (Lipinski definition) is 0. The van der Waals surface area contributed by atoms with Crippen LogP contribution >= 0.6 is 11.6 Å². The van der Waals surface area contributed by atoms with Crippen LogP contribution in [0.5, 0.6) is 0 Å². The third-order valence-corrected chi connectivity index (χ3v) is 6.28. The monoisotopic (exact) mass is 420 g/mol. The molecule has 6 nitrogen and oxygen atoms in total. The van der Waals surface area contributed by atoms with E-state index < -0.39 is 0 Å². The highest BCUT2D eigenvalue weighted by Crippen LogP contribution is 2.36. The maximum Gasteiger partial charge on any atom is 0.182 e. The van der Waals surface area contributed by atoms with Crippen molar-refractivity contribution in [2.75, 3.05) is 39.8 Å². The molecular formula is C23H25ClN6. The van der Waals surface area contributed by atoms with Gasteiger partial charge < -0.3 is 4.90 Å². The number of nitrogens with zero attached hydrogens (tertiary/aromatic N) is 6. The van der Waals surface area contributed by atoms with Crippen molar-refractivity contribution >= 4 is 28.2 Å². The number of rotatable bonds is 5. The topological polar surface area (TPSA) is 50.1 Å². The molecule has 0 spiro atoms. The van der Waals surface area contributed by atoms with Crippen LogP contribution in [-0.4, -0.2) is 69.5 Å². The average Bonchev–Trinajstić information content (AvgIpc) is 3.43. The second kappa shape index (κ2) is 8.30. The van der Waals surface area contributed by atoms with Crippen molar-refractivity contribution in [2.45, 2.75) is 13.0 Å². The maximum absolute atomic E-state index is 6.91. The van der Waals surface area contributed by atoms with Crippen LogP contribution in [0.3, 0.4) is 0 Å². The molecule has 2 aromatic heterocycles. The first kappa shape index (κ1) is 19.4. The van der Waals surface area contributed by atoms with Gasteiger partial charge in [-0.25, -0.2) is 4.68 Å². The summed E-state index contributed by atoms with van der Waals surface area (Å²) in [6.07, 6.45) is 7.37. The van der Waals surface area contributed by atoms with E-state index >= 15 is 0 Å². The molecule has 0 unspecified atom stereocenters. The normalized spacial score (nSPS) is 17.7. The highest BCUT2D eigenvalue weighted by molar-refractivity contribution is 6.38. The number of halogens is 1. The molecule has 1 aromatic carbocycles. The Hall–Kier alpha value is -2.54. The molecule has 1 saturated heterocycles. The van der Waals surface area contributed by atoms with E-state index in [9.17, 15) is 0 Å². The van der Waals surface area contributed by atoms with Crippen molar-refractivity contribution in [3.63, 3.8) is 0 Å². The number of aromatic nitrogens is 4. The van der Waals surface area contributed by atoms with Crippen LogP contribution in [0.1, 0.15) is 12.1 Å². The first-order valence-electron chi connectivity index (χ1n) is 10.5. The van der Waals surface area contributed by atoms with Crippen LogP contribution in [0.25, 0.3) is 27.9 Å². The van der Waals surface area contributed by atoms with Crippen molar-refractivity contribution in [3.8, 4) is 11.3 Å². The highest BCUT2D eigenvalue weighted by atomic mass is 35.5. The molecule has 1 fully saturated rings. The standard InChI is InChI=1S/C23H25ClN6/c1-28-11-13-29(14-12-28)15-16-30-23-19(21(27-30)17-9-5-6-10-17)20(24)22(25-26-23)18-7-3-2-4-8-18/h2-5,7-10H,6,11-16H2,1H3. The van der Waals surface area contributed by atoms with Gasteiger partial charge in [0.15, 0.2) is 5.65 Å². The lowest BCUT2D eigenvalue weighted by atomic mass is 10.1. The van der Waals surface area contributed by atoms with Gasteiger partial charge in [-0.1, -0.05) is 60.2 Å². The number of allylic oxidation sites excluding steroid dienone is 4. The van der Waals surface area contributed by atoms with Crippen LogP contribution in [-0.2, 0) is 6.54 Å². The van der Waals surface area contributed by atoms with Crippen molar-refractivity contribution in [2.24, 2.45) is 0 Å². The molecule has 30 heavy (non-hydrogen) atoms. The number of hydrogen-bond acceptors (Lipinski definition) is 5. The number of benzene rings is 1. The molecule has 1 aliphatic carbocycles. The van der Waals surface area contributed by atoms with Crippen molar-refractivity contribution in [1.29, 1.82) is 0 Å². The van der Waals surface area contributed by atoms with Gasteiger partial charge in [0.1, 0.15) is 11.4 Å². The second-order valence-corrected chi connectivity index (χ2v) is 8.32. The molecule has 2 aliphatic rings. The van der Waals surface area contributed by atoms with Crippen molar-refractivity contribution in [1.82, 2.24) is 29.8 Å². The molecule has 0 amide bonds. The number of fused-ring (bicyclic) bond motifs is 1. The van der Waals surface area contributed by atoms with Crippen LogP contribution in [0.15, 0.2) is 48.6 Å². The summed E-state index contributed by atoms with van der Waals surface area (Å²) in [7, 11) is 2.18. The lowest BCUT2D eigenvalue weighted by molar-refractivity contribution is 0.149. The summed E-state index contributed by atoms with van der Waals surface area (Å²) in [6, 6.07) is 9.97. The zero-order valence-corrected chi connectivity index (χ0v) is 17.9. The Bertz CT molecular complexity index is 1110. The number of piperazine rings is 1. The van der Waals surface area contributed by atoms with Gasteiger partial charge in [-0.05, 0) is 19.0 Å². The molecule has 5 rings (SSSR count). The first-order valence-corrected chi connectivity index (χ1v) is 10.8. The minimum absolute atomic E-state index is 0.619. The largest absolute Gasteiger partial charge is 0.304 e. The van der Waals surface area contributed by atoms with Crippen LogP contribution < -0.4 is 0 Å². The minimum Gasteiger partial charge on any atom is -0.304 e. The lowest BCUT2D eigenvalue weighted by Gasteiger charge is -2.32. The summed E-state index contributed by atoms with van der Waals surface area (Å²) < 4.78 is 1.98. The summed E-state index contributed by atoms with van der Waals surface area (Å²) >= 11 is 6.91. The van der Waals surface area contributed by atoms with Crippen LogP contribution in [0, 0.1) is 0 Å². The Kier molecular flexibility index (Phi) is 5.37. The van der Waals surface area contributed by atoms with Gasteiger partial charge in [-0.15, -0.1) is 10.2 Å². The van der Waals surface area contributed by atoms with Gasteiger partial charge >= 0.3 is 0 Å². The fourth-order valence-corrected chi connectivity index (χ4v) is 4.42. The van der Waals surface area contributed by atoms with E-state index in [4.69, 9.17) is 16.7 Å². The van der Waals surface area contributed by atoms with E-state index in [1.54, 1.807) is 0 Å². The highest BCUT2D eigenvalue weighted by Gasteiger charge is 2.22. The molecule has 0 saturated carbocycles. The summed E-state index contributed by atoms with van der Waals surface area (Å²) in [4.78, 5) is 4.85. The van der Waals surface area contributed by atoms with Gasteiger partial charge in [0, 0.05) is 38.3 Å². The van der Waals surface area contributed by atoms with Crippen molar-refractivity contribution < 1.29 is 0 Å². The summed E-state index contributed by atoms with van der Waals surface area (Å²) in [6.45, 7) is 6.09. The molecule has 0 radical (unpaired) electrons. The second-order valence-electron chi connectivity index (χ2n) is 7.94. The van der Waals surface area contributed by atoms with Gasteiger partial charge in [0.2, 0.25) is 0 Å². The lowest BCUT2D eigenvalue weighted by Crippen LogP contribution is -2.45. The van der Waals surface area contributed by atoms with Gasteiger partial charge in [-0.3, -0.25) is 4.90 Å². The van der Waals surface area contributed by atoms with E-state index in [1.165, 1.54) is 0 Å². The third-order valence-electron chi connectivity index (χ3n) is 5.91. The predicted molar refractivity (Wildman–Crippen MR) is 121 cm³/mol. The molecule has 3 aromatic rings. The van der Waals surface area contributed by atoms with Gasteiger partial charge in [0.25, 0.3) is 0 Å². The molecule has 0 N–H and O–H groups in total. The van der Waals surface area contributed by atoms with E-state index in [-0.39, 0.29) is 0 Å². The van der Waals surface area contributed by atoms with Crippen LogP contribution in [0.2, 0.25) is 5.02 Å². The van der Waals surface area contributed by atoms with E-state index in [2.05, 4.69) is 45.3 Å². The molecule has 0 bridgehead atoms. The van der Waals surface area contributed by atoms with E-state index in [0.29, 0.717) is 10.7 Å². The average molecular weight is 421 g/mol. The van der Waals surface area contributed by atoms with E-state index in [0.717, 1.165) is 73.6 Å². The summed E-state index contributed by atoms with van der Waals surface area (Å²) in [5, 5.41) is 15.5. The fraction of sp³-hybridized carbons (Fsp3) is 0.348. The molecular weight excluding hydrogens is 396 g/mol. The van der Waals surface area contributed by atoms with Crippen molar-refractivity contribution in [3.05, 3.63) is 59.3 Å². The molecule has 154 valence electrons. The Morgan fingerprint density at radius 1 is 0.967 bits per heavy atom. The maximum atomic E-state index is 6.91. The molecule has 3 heterocycles. The molecule has 0 atom stereocenters. The third kappa shape index (κ3) is 3.67. The molecule has 7 heteroatoms. The quantitative estimate of drug-likeness (QED) is 0.629. The minimum atomic E-state index is 0.619. The zero-order chi connectivity index (χ0) is 20.5. The SMILES string of the molecule is CN1CCN(CCn2nc(C3=CCC=C3)c3c(Cl)c(-c4ccccc4)nnc32)CC1. The Balaban J connectivity index is 1.53. The molecule has 1 aliphatic heterocycles. The van der Waals surface area contributed by atoms with Gasteiger partial charge in [0.05, 0.1) is 17.0 Å². The smallest absolute Gasteiger partial charge is 0.182 e.